The summed E-state index contributed by atoms with van der Waals surface area (Å²) >= 11 is 0. The molecule has 0 bridgehead atoms. The number of rotatable bonds is 3. The Morgan fingerprint density at radius 1 is 0.462 bits per heavy atom. The Balaban J connectivity index is 1.55. The first-order valence-corrected chi connectivity index (χ1v) is 13.3. The average Bonchev–Trinajstić information content (AvgIpc) is 3.31. The standard InChI is InChI=1S/C37H24N2/c1-2-12-25(13-3-1)26-14-10-15-27(24-26)39-34-22-11-20-31-29-17-5-4-16-28(29)30-18-6-7-19-32(30)36(35(31)34)37(39)33-21-8-9-23-38-33/h1-24H. The molecule has 0 fully saturated rings. The van der Waals surface area contributed by atoms with Gasteiger partial charge in [-0.1, -0.05) is 109 Å². The molecule has 39 heavy (non-hydrogen) atoms. The van der Waals surface area contributed by atoms with Crippen LogP contribution in [-0.4, -0.2) is 9.55 Å². The van der Waals surface area contributed by atoms with E-state index >= 15 is 0 Å². The molecule has 1 aliphatic rings. The van der Waals surface area contributed by atoms with Crippen molar-refractivity contribution < 1.29 is 0 Å². The maximum absolute atomic E-state index is 4.91. The lowest BCUT2D eigenvalue weighted by molar-refractivity contribution is 1.12. The molecule has 0 saturated heterocycles. The Kier molecular flexibility index (Phi) is 4.86. The van der Waals surface area contributed by atoms with Crippen molar-refractivity contribution in [2.45, 2.75) is 0 Å². The molecule has 2 heterocycles. The smallest absolute Gasteiger partial charge is 0.0876 e. The molecule has 0 amide bonds. The average molecular weight is 497 g/mol. The largest absolute Gasteiger partial charge is 0.307 e. The Bertz CT molecular complexity index is 2000. The molecule has 1 aliphatic carbocycles. The minimum absolute atomic E-state index is 0.959. The topological polar surface area (TPSA) is 17.8 Å². The van der Waals surface area contributed by atoms with Crippen LogP contribution in [-0.2, 0) is 0 Å². The molecule has 8 rings (SSSR count). The Labute approximate surface area is 227 Å². The Morgan fingerprint density at radius 3 is 1.85 bits per heavy atom. The maximum Gasteiger partial charge on any atom is 0.0876 e. The number of nitrogens with zero attached hydrogens (tertiary/aromatic N) is 2. The van der Waals surface area contributed by atoms with Crippen molar-refractivity contribution in [1.82, 2.24) is 9.55 Å². The van der Waals surface area contributed by atoms with Crippen LogP contribution in [0.25, 0.3) is 72.5 Å². The van der Waals surface area contributed by atoms with E-state index in [1.807, 2.05) is 12.3 Å². The molecule has 2 nitrogen and oxygen atoms in total. The Hall–Kier alpha value is -5.21. The van der Waals surface area contributed by atoms with Crippen LogP contribution >= 0.6 is 0 Å². The summed E-state index contributed by atoms with van der Waals surface area (Å²) in [6.07, 6.45) is 1.89. The van der Waals surface area contributed by atoms with Gasteiger partial charge in [0, 0.05) is 22.8 Å². The number of benzene rings is 5. The molecular weight excluding hydrogens is 472 g/mol. The fraction of sp³-hybridized carbons (Fsp3) is 0. The van der Waals surface area contributed by atoms with Crippen LogP contribution in [0, 0.1) is 0 Å². The van der Waals surface area contributed by atoms with Gasteiger partial charge in [0.2, 0.25) is 0 Å². The summed E-state index contributed by atoms with van der Waals surface area (Å²) in [6.45, 7) is 0. The summed E-state index contributed by atoms with van der Waals surface area (Å²) in [5.74, 6) is 0. The third kappa shape index (κ3) is 3.32. The van der Waals surface area contributed by atoms with Gasteiger partial charge in [-0.15, -0.1) is 0 Å². The van der Waals surface area contributed by atoms with Gasteiger partial charge in [-0.2, -0.15) is 0 Å². The van der Waals surface area contributed by atoms with E-state index in [2.05, 4.69) is 138 Å². The molecule has 0 radical (unpaired) electrons. The lowest BCUT2D eigenvalue weighted by atomic mass is 9.93. The number of pyridine rings is 1. The molecule has 0 spiro atoms. The maximum atomic E-state index is 4.91. The number of fused-ring (bicyclic) bond motifs is 5. The van der Waals surface area contributed by atoms with Crippen molar-refractivity contribution >= 4 is 10.9 Å². The molecule has 0 saturated carbocycles. The second kappa shape index (κ2) is 8.68. The third-order valence-corrected chi connectivity index (χ3v) is 7.82. The summed E-state index contributed by atoms with van der Waals surface area (Å²) < 4.78 is 2.41. The highest BCUT2D eigenvalue weighted by molar-refractivity contribution is 6.17. The van der Waals surface area contributed by atoms with E-state index in [9.17, 15) is 0 Å². The SMILES string of the molecule is c1ccc(-c2cccc(-n3c(-c4ccccn4)c4c5c(cccc53)-c3ccccc3-c3ccccc3-4)c2)cc1. The van der Waals surface area contributed by atoms with Gasteiger partial charge < -0.3 is 4.57 Å². The van der Waals surface area contributed by atoms with E-state index in [0.29, 0.717) is 0 Å². The second-order valence-corrected chi connectivity index (χ2v) is 9.98. The van der Waals surface area contributed by atoms with Crippen molar-refractivity contribution in [3.8, 4) is 61.6 Å². The molecule has 0 N–H and O–H groups in total. The number of hydrogen-bond acceptors (Lipinski definition) is 1. The summed E-state index contributed by atoms with van der Waals surface area (Å²) in [5.41, 5.74) is 14.3. The van der Waals surface area contributed by atoms with Gasteiger partial charge in [0.15, 0.2) is 0 Å². The summed E-state index contributed by atoms with van der Waals surface area (Å²) in [6, 6.07) is 49.9. The van der Waals surface area contributed by atoms with Crippen LogP contribution in [0.2, 0.25) is 0 Å². The van der Waals surface area contributed by atoms with Gasteiger partial charge >= 0.3 is 0 Å². The highest BCUT2D eigenvalue weighted by Gasteiger charge is 2.29. The first-order chi connectivity index (χ1) is 19.4. The van der Waals surface area contributed by atoms with Gasteiger partial charge in [0.1, 0.15) is 0 Å². The zero-order valence-electron chi connectivity index (χ0n) is 21.3. The molecule has 0 aliphatic heterocycles. The van der Waals surface area contributed by atoms with Crippen LogP contribution < -0.4 is 0 Å². The normalized spacial score (nSPS) is 11.6. The summed E-state index contributed by atoms with van der Waals surface area (Å²) in [5, 5.41) is 1.26. The van der Waals surface area contributed by atoms with Crippen molar-refractivity contribution in [2.75, 3.05) is 0 Å². The van der Waals surface area contributed by atoms with Crippen molar-refractivity contribution in [1.29, 1.82) is 0 Å². The molecular formula is C37H24N2. The van der Waals surface area contributed by atoms with Gasteiger partial charge in [0.05, 0.1) is 16.9 Å². The molecule has 2 heteroatoms. The minimum atomic E-state index is 0.959. The van der Waals surface area contributed by atoms with Gasteiger partial charge in [-0.3, -0.25) is 4.98 Å². The lowest BCUT2D eigenvalue weighted by Gasteiger charge is -2.16. The zero-order valence-corrected chi connectivity index (χ0v) is 21.3. The van der Waals surface area contributed by atoms with Gasteiger partial charge in [-0.25, -0.2) is 0 Å². The number of hydrogen-bond donors (Lipinski definition) is 0. The molecule has 182 valence electrons. The Morgan fingerprint density at radius 2 is 1.08 bits per heavy atom. The van der Waals surface area contributed by atoms with Crippen molar-refractivity contribution in [3.63, 3.8) is 0 Å². The van der Waals surface area contributed by atoms with Gasteiger partial charge in [0.25, 0.3) is 0 Å². The monoisotopic (exact) mass is 496 g/mol. The van der Waals surface area contributed by atoms with Crippen molar-refractivity contribution in [2.24, 2.45) is 0 Å². The fourth-order valence-electron chi connectivity index (χ4n) is 6.18. The molecule has 0 atom stereocenters. The summed E-state index contributed by atoms with van der Waals surface area (Å²) in [4.78, 5) is 4.91. The van der Waals surface area contributed by atoms with E-state index < -0.39 is 0 Å². The minimum Gasteiger partial charge on any atom is -0.307 e. The molecule has 0 unspecified atom stereocenters. The van der Waals surface area contributed by atoms with E-state index in [0.717, 1.165) is 17.1 Å². The molecule has 7 aromatic rings. The summed E-state index contributed by atoms with van der Waals surface area (Å²) in [7, 11) is 0. The number of aromatic nitrogens is 2. The van der Waals surface area contributed by atoms with E-state index in [-0.39, 0.29) is 0 Å². The van der Waals surface area contributed by atoms with Crippen molar-refractivity contribution in [3.05, 3.63) is 146 Å². The second-order valence-electron chi connectivity index (χ2n) is 9.98. The first-order valence-electron chi connectivity index (χ1n) is 13.3. The first kappa shape index (κ1) is 21.8. The highest BCUT2D eigenvalue weighted by atomic mass is 15.0. The third-order valence-electron chi connectivity index (χ3n) is 7.82. The molecule has 5 aromatic carbocycles. The quantitative estimate of drug-likeness (QED) is 0.238. The fourth-order valence-corrected chi connectivity index (χ4v) is 6.18. The van der Waals surface area contributed by atoms with E-state index in [4.69, 9.17) is 4.98 Å². The highest BCUT2D eigenvalue weighted by Crippen LogP contribution is 2.52. The molecule has 2 aromatic heterocycles. The predicted molar refractivity (Wildman–Crippen MR) is 162 cm³/mol. The van der Waals surface area contributed by atoms with Crippen LogP contribution in [0.4, 0.5) is 0 Å². The zero-order chi connectivity index (χ0) is 25.8. The lowest BCUT2D eigenvalue weighted by Crippen LogP contribution is -2.00. The van der Waals surface area contributed by atoms with E-state index in [1.165, 1.54) is 55.4 Å². The van der Waals surface area contributed by atoms with E-state index in [1.54, 1.807) is 0 Å². The van der Waals surface area contributed by atoms with Crippen LogP contribution in [0.5, 0.6) is 0 Å². The van der Waals surface area contributed by atoms with Crippen LogP contribution in [0.3, 0.4) is 0 Å². The van der Waals surface area contributed by atoms with Gasteiger partial charge in [-0.05, 0) is 69.3 Å². The van der Waals surface area contributed by atoms with Crippen LogP contribution in [0.15, 0.2) is 146 Å². The van der Waals surface area contributed by atoms with Crippen LogP contribution in [0.1, 0.15) is 0 Å². The predicted octanol–water partition coefficient (Wildman–Crippen LogP) is 9.67.